The molecule has 0 aliphatic carbocycles. The number of rotatable bonds is 6. The first-order valence-corrected chi connectivity index (χ1v) is 9.40. The number of thioether (sulfide) groups is 1. The number of hydrogen-bond acceptors (Lipinski definition) is 4. The molecule has 2 aromatic rings. The van der Waals surface area contributed by atoms with Gasteiger partial charge in [0.15, 0.2) is 11.5 Å². The zero-order valence-electron chi connectivity index (χ0n) is 14.8. The van der Waals surface area contributed by atoms with Gasteiger partial charge in [0.1, 0.15) is 0 Å². The van der Waals surface area contributed by atoms with Crippen LogP contribution in [-0.2, 0) is 4.79 Å². The Hall–Kier alpha value is -2.14. The molecule has 1 atom stereocenters. The summed E-state index contributed by atoms with van der Waals surface area (Å²) in [5.74, 6) is 2.32. The molecule has 0 aromatic heterocycles. The Kier molecular flexibility index (Phi) is 5.53. The number of carbonyl (C=O) groups is 1. The van der Waals surface area contributed by atoms with Gasteiger partial charge in [-0.2, -0.15) is 0 Å². The molecule has 1 aliphatic heterocycles. The van der Waals surface area contributed by atoms with Crippen LogP contribution in [0.4, 0.5) is 0 Å². The fourth-order valence-corrected chi connectivity index (χ4v) is 3.59. The first kappa shape index (κ1) is 17.7. The smallest absolute Gasteiger partial charge is 0.231 e. The largest absolute Gasteiger partial charge is 0.454 e. The SMILES string of the molecule is Cc1ccc(SCCC(=O)NC(C)c2ccc3c(c2)OCO3)cc1C. The first-order chi connectivity index (χ1) is 12.0. The highest BCUT2D eigenvalue weighted by Crippen LogP contribution is 2.34. The lowest BCUT2D eigenvalue weighted by atomic mass is 10.1. The van der Waals surface area contributed by atoms with Crippen LogP contribution < -0.4 is 14.8 Å². The van der Waals surface area contributed by atoms with E-state index in [2.05, 4.69) is 37.4 Å². The number of ether oxygens (including phenoxy) is 2. The van der Waals surface area contributed by atoms with Gasteiger partial charge in [0.2, 0.25) is 12.7 Å². The maximum atomic E-state index is 12.2. The zero-order valence-corrected chi connectivity index (χ0v) is 15.6. The van der Waals surface area contributed by atoms with E-state index >= 15 is 0 Å². The van der Waals surface area contributed by atoms with Crippen molar-refractivity contribution in [1.29, 1.82) is 0 Å². The van der Waals surface area contributed by atoms with Crippen LogP contribution in [0.25, 0.3) is 0 Å². The van der Waals surface area contributed by atoms with Gasteiger partial charge in [-0.3, -0.25) is 4.79 Å². The average Bonchev–Trinajstić information content (AvgIpc) is 3.05. The van der Waals surface area contributed by atoms with Crippen molar-refractivity contribution in [3.8, 4) is 11.5 Å². The first-order valence-electron chi connectivity index (χ1n) is 8.42. The Morgan fingerprint density at radius 1 is 1.12 bits per heavy atom. The molecule has 2 aromatic carbocycles. The predicted molar refractivity (Wildman–Crippen MR) is 100 cm³/mol. The van der Waals surface area contributed by atoms with Crippen molar-refractivity contribution in [3.63, 3.8) is 0 Å². The number of nitrogens with one attached hydrogen (secondary N) is 1. The lowest BCUT2D eigenvalue weighted by Gasteiger charge is -2.15. The number of aryl methyl sites for hydroxylation is 2. The molecule has 5 heteroatoms. The van der Waals surface area contributed by atoms with Gasteiger partial charge in [-0.05, 0) is 61.7 Å². The lowest BCUT2D eigenvalue weighted by molar-refractivity contribution is -0.121. The molecule has 1 amide bonds. The third-order valence-corrected chi connectivity index (χ3v) is 5.35. The van der Waals surface area contributed by atoms with E-state index in [0.717, 1.165) is 22.8 Å². The zero-order chi connectivity index (χ0) is 17.8. The van der Waals surface area contributed by atoms with Crippen LogP contribution in [0.15, 0.2) is 41.3 Å². The monoisotopic (exact) mass is 357 g/mol. The summed E-state index contributed by atoms with van der Waals surface area (Å²) in [6.07, 6.45) is 0.493. The van der Waals surface area contributed by atoms with E-state index in [9.17, 15) is 4.79 Å². The van der Waals surface area contributed by atoms with Gasteiger partial charge >= 0.3 is 0 Å². The highest BCUT2D eigenvalue weighted by Gasteiger charge is 2.16. The second kappa shape index (κ2) is 7.83. The number of carbonyl (C=O) groups excluding carboxylic acids is 1. The van der Waals surface area contributed by atoms with E-state index in [0.29, 0.717) is 6.42 Å². The minimum Gasteiger partial charge on any atom is -0.454 e. The Balaban J connectivity index is 1.48. The summed E-state index contributed by atoms with van der Waals surface area (Å²) >= 11 is 1.71. The Labute approximate surface area is 152 Å². The highest BCUT2D eigenvalue weighted by molar-refractivity contribution is 7.99. The fourth-order valence-electron chi connectivity index (χ4n) is 2.64. The van der Waals surface area contributed by atoms with E-state index < -0.39 is 0 Å². The minimum atomic E-state index is -0.0615. The number of fused-ring (bicyclic) bond motifs is 1. The average molecular weight is 357 g/mol. The van der Waals surface area contributed by atoms with E-state index in [4.69, 9.17) is 9.47 Å². The van der Waals surface area contributed by atoms with Crippen LogP contribution in [-0.4, -0.2) is 18.5 Å². The highest BCUT2D eigenvalue weighted by atomic mass is 32.2. The summed E-state index contributed by atoms with van der Waals surface area (Å²) in [7, 11) is 0. The van der Waals surface area contributed by atoms with Crippen LogP contribution >= 0.6 is 11.8 Å². The molecule has 4 nitrogen and oxygen atoms in total. The maximum absolute atomic E-state index is 12.2. The van der Waals surface area contributed by atoms with Crippen LogP contribution in [0.3, 0.4) is 0 Å². The van der Waals surface area contributed by atoms with E-state index in [1.54, 1.807) is 11.8 Å². The molecule has 0 fully saturated rings. The second-order valence-corrected chi connectivity index (χ2v) is 7.41. The predicted octanol–water partition coefficient (Wildman–Crippen LogP) is 4.39. The van der Waals surface area contributed by atoms with E-state index in [1.807, 2.05) is 25.1 Å². The van der Waals surface area contributed by atoms with Gasteiger partial charge in [-0.1, -0.05) is 12.1 Å². The van der Waals surface area contributed by atoms with Crippen LogP contribution in [0.2, 0.25) is 0 Å². The van der Waals surface area contributed by atoms with E-state index in [-0.39, 0.29) is 18.7 Å². The van der Waals surface area contributed by atoms with Gasteiger partial charge in [0, 0.05) is 17.1 Å². The molecule has 3 rings (SSSR count). The minimum absolute atomic E-state index is 0.0569. The van der Waals surface area contributed by atoms with Crippen LogP contribution in [0, 0.1) is 13.8 Å². The molecule has 0 bridgehead atoms. The van der Waals surface area contributed by atoms with Crippen molar-refractivity contribution < 1.29 is 14.3 Å². The molecular weight excluding hydrogens is 334 g/mol. The van der Waals surface area contributed by atoms with Crippen molar-refractivity contribution >= 4 is 17.7 Å². The standard InChI is InChI=1S/C20H23NO3S/c1-13-4-6-17(10-14(13)2)25-9-8-20(22)21-15(3)16-5-7-18-19(11-16)24-12-23-18/h4-7,10-11,15H,8-9,12H2,1-3H3,(H,21,22). The topological polar surface area (TPSA) is 47.6 Å². The third-order valence-electron chi connectivity index (χ3n) is 4.35. The van der Waals surface area contributed by atoms with Gasteiger partial charge in [-0.25, -0.2) is 0 Å². The Morgan fingerprint density at radius 2 is 1.92 bits per heavy atom. The van der Waals surface area contributed by atoms with Crippen molar-refractivity contribution in [1.82, 2.24) is 5.32 Å². The summed E-state index contributed by atoms with van der Waals surface area (Å²) in [4.78, 5) is 13.4. The van der Waals surface area contributed by atoms with Crippen LogP contribution in [0.1, 0.15) is 36.1 Å². The molecular formula is C20H23NO3S. The summed E-state index contributed by atoms with van der Waals surface area (Å²) in [6, 6.07) is 12.1. The number of hydrogen-bond donors (Lipinski definition) is 1. The molecule has 1 unspecified atom stereocenters. The molecule has 1 N–H and O–H groups in total. The van der Waals surface area contributed by atoms with Crippen molar-refractivity contribution in [2.75, 3.05) is 12.5 Å². The van der Waals surface area contributed by atoms with Gasteiger partial charge in [0.25, 0.3) is 0 Å². The lowest BCUT2D eigenvalue weighted by Crippen LogP contribution is -2.26. The summed E-state index contributed by atoms with van der Waals surface area (Å²) in [5.41, 5.74) is 3.59. The number of amides is 1. The quantitative estimate of drug-likeness (QED) is 0.779. The Morgan fingerprint density at radius 3 is 2.72 bits per heavy atom. The van der Waals surface area contributed by atoms with Crippen molar-refractivity contribution in [3.05, 3.63) is 53.1 Å². The summed E-state index contributed by atoms with van der Waals surface area (Å²) in [5, 5.41) is 3.05. The third kappa shape index (κ3) is 4.48. The Bertz CT molecular complexity index is 776. The van der Waals surface area contributed by atoms with Crippen LogP contribution in [0.5, 0.6) is 11.5 Å². The van der Waals surface area contributed by atoms with Gasteiger partial charge in [0.05, 0.1) is 6.04 Å². The van der Waals surface area contributed by atoms with Gasteiger partial charge < -0.3 is 14.8 Å². The molecule has 1 heterocycles. The number of benzene rings is 2. The molecule has 1 aliphatic rings. The second-order valence-electron chi connectivity index (χ2n) is 6.25. The van der Waals surface area contributed by atoms with Gasteiger partial charge in [-0.15, -0.1) is 11.8 Å². The van der Waals surface area contributed by atoms with Crippen molar-refractivity contribution in [2.45, 2.75) is 38.1 Å². The molecule has 25 heavy (non-hydrogen) atoms. The molecule has 132 valence electrons. The van der Waals surface area contributed by atoms with E-state index in [1.165, 1.54) is 16.0 Å². The normalized spacial score (nSPS) is 13.6. The fraction of sp³-hybridized carbons (Fsp3) is 0.350. The summed E-state index contributed by atoms with van der Waals surface area (Å²) in [6.45, 7) is 6.45. The molecule has 0 saturated carbocycles. The van der Waals surface area contributed by atoms with Crippen molar-refractivity contribution in [2.24, 2.45) is 0 Å². The molecule has 0 radical (unpaired) electrons. The summed E-state index contributed by atoms with van der Waals surface area (Å²) < 4.78 is 10.7. The molecule has 0 spiro atoms. The maximum Gasteiger partial charge on any atom is 0.231 e. The molecule has 0 saturated heterocycles.